The number of nitrogens with one attached hydrogen (secondary N) is 1. The summed E-state index contributed by atoms with van der Waals surface area (Å²) in [6.07, 6.45) is 0.868. The van der Waals surface area contributed by atoms with Gasteiger partial charge in [-0.1, -0.05) is 0 Å². The molecular weight excluding hydrogens is 232 g/mol. The number of piperazine rings is 1. The Morgan fingerprint density at radius 1 is 1.50 bits per heavy atom. The van der Waals surface area contributed by atoms with Crippen LogP contribution in [0.2, 0.25) is 0 Å². The molecule has 0 aliphatic carbocycles. The van der Waals surface area contributed by atoms with Gasteiger partial charge in [0.2, 0.25) is 0 Å². The summed E-state index contributed by atoms with van der Waals surface area (Å²) in [4.78, 5) is 15.8. The molecule has 0 radical (unpaired) electrons. The Bertz CT molecular complexity index is 352. The van der Waals surface area contributed by atoms with E-state index in [9.17, 15) is 4.79 Å². The third-order valence-corrected chi connectivity index (χ3v) is 2.80. The second-order valence-electron chi connectivity index (χ2n) is 4.52. The number of hydrogen-bond donors (Lipinski definition) is 2. The lowest BCUT2D eigenvalue weighted by Gasteiger charge is -2.32. The van der Waals surface area contributed by atoms with Crippen molar-refractivity contribution in [3.8, 4) is 6.07 Å². The molecule has 1 amide bonds. The first kappa shape index (κ1) is 14.5. The van der Waals surface area contributed by atoms with Crippen LogP contribution in [-0.4, -0.2) is 66.7 Å². The van der Waals surface area contributed by atoms with Gasteiger partial charge in [0, 0.05) is 38.9 Å². The summed E-state index contributed by atoms with van der Waals surface area (Å²) >= 11 is 0. The predicted octanol–water partition coefficient (Wildman–Crippen LogP) is -0.862. The maximum atomic E-state index is 12.0. The number of aliphatic hydroxyl groups excluding tert-OH is 1. The van der Waals surface area contributed by atoms with E-state index in [1.54, 1.807) is 11.8 Å². The first-order valence-electron chi connectivity index (χ1n) is 6.04. The fourth-order valence-corrected chi connectivity index (χ4v) is 1.65. The molecule has 1 unspecified atom stereocenters. The van der Waals surface area contributed by atoms with Crippen molar-refractivity contribution in [1.29, 1.82) is 5.26 Å². The van der Waals surface area contributed by atoms with Crippen LogP contribution in [0, 0.1) is 11.3 Å². The average molecular weight is 252 g/mol. The molecule has 18 heavy (non-hydrogen) atoms. The standard InChI is InChI=1S/C12H20N4O2/c1-10(17)8-14-9-11(7-13)12(18)16-5-3-15(2)4-6-16/h9-10,14,17H,3-6,8H2,1-2H3/b11-9-. The van der Waals surface area contributed by atoms with Gasteiger partial charge >= 0.3 is 0 Å². The van der Waals surface area contributed by atoms with Gasteiger partial charge in [0.05, 0.1) is 6.10 Å². The van der Waals surface area contributed by atoms with Gasteiger partial charge in [-0.3, -0.25) is 4.79 Å². The summed E-state index contributed by atoms with van der Waals surface area (Å²) < 4.78 is 0. The van der Waals surface area contributed by atoms with Crippen molar-refractivity contribution in [2.75, 3.05) is 39.8 Å². The van der Waals surface area contributed by atoms with Crippen molar-refractivity contribution in [1.82, 2.24) is 15.1 Å². The summed E-state index contributed by atoms with van der Waals surface area (Å²) in [5.41, 5.74) is 0.0835. The fourth-order valence-electron chi connectivity index (χ4n) is 1.65. The van der Waals surface area contributed by atoms with Crippen molar-refractivity contribution < 1.29 is 9.90 Å². The van der Waals surface area contributed by atoms with E-state index in [0.29, 0.717) is 19.6 Å². The Morgan fingerprint density at radius 2 is 2.11 bits per heavy atom. The van der Waals surface area contributed by atoms with E-state index in [4.69, 9.17) is 10.4 Å². The Hall–Kier alpha value is -1.58. The molecule has 0 aromatic carbocycles. The molecule has 2 N–H and O–H groups in total. The molecule has 1 aliphatic rings. The predicted molar refractivity (Wildman–Crippen MR) is 67.5 cm³/mol. The van der Waals surface area contributed by atoms with Crippen LogP contribution in [0.1, 0.15) is 6.92 Å². The van der Waals surface area contributed by atoms with Crippen molar-refractivity contribution in [2.45, 2.75) is 13.0 Å². The van der Waals surface area contributed by atoms with Gasteiger partial charge in [-0.25, -0.2) is 0 Å². The molecule has 0 aromatic heterocycles. The Morgan fingerprint density at radius 3 is 2.61 bits per heavy atom. The lowest BCUT2D eigenvalue weighted by atomic mass is 10.2. The van der Waals surface area contributed by atoms with Crippen LogP contribution in [0.15, 0.2) is 11.8 Å². The van der Waals surface area contributed by atoms with Gasteiger partial charge in [0.15, 0.2) is 0 Å². The first-order valence-corrected chi connectivity index (χ1v) is 6.04. The average Bonchev–Trinajstić information content (AvgIpc) is 2.34. The van der Waals surface area contributed by atoms with Crippen LogP contribution < -0.4 is 5.32 Å². The van der Waals surface area contributed by atoms with Crippen LogP contribution in [0.5, 0.6) is 0 Å². The minimum Gasteiger partial charge on any atom is -0.392 e. The lowest BCUT2D eigenvalue weighted by Crippen LogP contribution is -2.47. The number of nitriles is 1. The summed E-state index contributed by atoms with van der Waals surface area (Å²) in [6, 6.07) is 1.90. The highest BCUT2D eigenvalue weighted by atomic mass is 16.3. The summed E-state index contributed by atoms with van der Waals surface area (Å²) in [7, 11) is 2.01. The van der Waals surface area contributed by atoms with E-state index in [0.717, 1.165) is 13.1 Å². The van der Waals surface area contributed by atoms with E-state index in [1.165, 1.54) is 6.20 Å². The maximum absolute atomic E-state index is 12.0. The van der Waals surface area contributed by atoms with Gasteiger partial charge in [-0.2, -0.15) is 5.26 Å². The van der Waals surface area contributed by atoms with Crippen LogP contribution in [0.25, 0.3) is 0 Å². The molecule has 1 rings (SSSR count). The van der Waals surface area contributed by atoms with E-state index in [-0.39, 0.29) is 11.5 Å². The number of likely N-dealkylation sites (N-methyl/N-ethyl adjacent to an activating group) is 1. The van der Waals surface area contributed by atoms with Crippen LogP contribution in [0.4, 0.5) is 0 Å². The molecule has 0 saturated carbocycles. The third-order valence-electron chi connectivity index (χ3n) is 2.80. The Kier molecular flexibility index (Phi) is 5.62. The molecule has 6 heteroatoms. The molecule has 1 aliphatic heterocycles. The fraction of sp³-hybridized carbons (Fsp3) is 0.667. The van der Waals surface area contributed by atoms with E-state index in [1.807, 2.05) is 13.1 Å². The highest BCUT2D eigenvalue weighted by Crippen LogP contribution is 2.05. The number of amides is 1. The van der Waals surface area contributed by atoms with Crippen LogP contribution in [-0.2, 0) is 4.79 Å². The monoisotopic (exact) mass is 252 g/mol. The molecule has 100 valence electrons. The quantitative estimate of drug-likeness (QED) is 0.503. The van der Waals surface area contributed by atoms with Crippen LogP contribution in [0.3, 0.4) is 0 Å². The summed E-state index contributed by atoms with van der Waals surface area (Å²) in [6.45, 7) is 4.89. The second kappa shape index (κ2) is 6.99. The molecule has 1 heterocycles. The van der Waals surface area contributed by atoms with Crippen molar-refractivity contribution in [3.63, 3.8) is 0 Å². The van der Waals surface area contributed by atoms with Crippen LogP contribution >= 0.6 is 0 Å². The largest absolute Gasteiger partial charge is 0.392 e. The third kappa shape index (κ3) is 4.35. The molecule has 1 saturated heterocycles. The zero-order chi connectivity index (χ0) is 13.5. The summed E-state index contributed by atoms with van der Waals surface area (Å²) in [5.74, 6) is -0.247. The minimum atomic E-state index is -0.514. The molecule has 6 nitrogen and oxygen atoms in total. The number of aliphatic hydroxyl groups is 1. The number of carbonyl (C=O) groups excluding carboxylic acids is 1. The van der Waals surface area contributed by atoms with Gasteiger partial charge in [0.25, 0.3) is 5.91 Å². The number of nitrogens with zero attached hydrogens (tertiary/aromatic N) is 3. The minimum absolute atomic E-state index is 0.0835. The highest BCUT2D eigenvalue weighted by Gasteiger charge is 2.21. The topological polar surface area (TPSA) is 79.6 Å². The van der Waals surface area contributed by atoms with Gasteiger partial charge in [-0.05, 0) is 14.0 Å². The first-order chi connectivity index (χ1) is 8.54. The SMILES string of the molecule is CC(O)CN/C=C(/C#N)C(=O)N1CCN(C)CC1. The van der Waals surface area contributed by atoms with Crippen molar-refractivity contribution in [3.05, 3.63) is 11.8 Å². The van der Waals surface area contributed by atoms with Crippen molar-refractivity contribution in [2.24, 2.45) is 0 Å². The zero-order valence-electron chi connectivity index (χ0n) is 10.9. The van der Waals surface area contributed by atoms with Gasteiger partial charge in [-0.15, -0.1) is 0 Å². The Labute approximate surface area is 107 Å². The van der Waals surface area contributed by atoms with Gasteiger partial charge < -0.3 is 20.2 Å². The van der Waals surface area contributed by atoms with E-state index in [2.05, 4.69) is 10.2 Å². The zero-order valence-corrected chi connectivity index (χ0v) is 10.9. The molecular formula is C12H20N4O2. The van der Waals surface area contributed by atoms with E-state index < -0.39 is 6.10 Å². The maximum Gasteiger partial charge on any atom is 0.266 e. The smallest absolute Gasteiger partial charge is 0.266 e. The molecule has 0 aromatic rings. The molecule has 0 bridgehead atoms. The normalized spacial score (nSPS) is 19.2. The molecule has 0 spiro atoms. The Balaban J connectivity index is 2.54. The number of carbonyl (C=O) groups is 1. The number of hydrogen-bond acceptors (Lipinski definition) is 5. The molecule has 1 fully saturated rings. The number of rotatable bonds is 4. The van der Waals surface area contributed by atoms with Crippen molar-refractivity contribution >= 4 is 5.91 Å². The van der Waals surface area contributed by atoms with Gasteiger partial charge in [0.1, 0.15) is 11.6 Å². The highest BCUT2D eigenvalue weighted by molar-refractivity contribution is 5.97. The summed E-state index contributed by atoms with van der Waals surface area (Å²) in [5, 5.41) is 20.8. The van der Waals surface area contributed by atoms with E-state index >= 15 is 0 Å². The molecule has 1 atom stereocenters. The second-order valence-corrected chi connectivity index (χ2v) is 4.52. The lowest BCUT2D eigenvalue weighted by molar-refractivity contribution is -0.128.